The average Bonchev–Trinajstić information content (AvgIpc) is 2.47. The van der Waals surface area contributed by atoms with Crippen LogP contribution in [0.15, 0.2) is 48.5 Å². The summed E-state index contributed by atoms with van der Waals surface area (Å²) in [4.78, 5) is 0. The van der Waals surface area contributed by atoms with Crippen LogP contribution in [0.4, 0.5) is 0 Å². The molecule has 0 aliphatic heterocycles. The molecule has 0 spiro atoms. The van der Waals surface area contributed by atoms with Crippen LogP contribution in [-0.2, 0) is 12.8 Å². The van der Waals surface area contributed by atoms with E-state index in [-0.39, 0.29) is 0 Å². The Kier molecular flexibility index (Phi) is 5.82. The normalized spacial score (nSPS) is 12.3. The fourth-order valence-corrected chi connectivity index (χ4v) is 2.61. The zero-order valence-corrected chi connectivity index (χ0v) is 13.0. The minimum absolute atomic E-state index is 0.329. The van der Waals surface area contributed by atoms with E-state index in [0.717, 1.165) is 25.8 Å². The van der Waals surface area contributed by atoms with Crippen LogP contribution in [0.1, 0.15) is 30.0 Å². The maximum atomic E-state index is 9.38. The molecule has 1 atom stereocenters. The largest absolute Gasteiger partial charge is 0.508 e. The first kappa shape index (κ1) is 15.6. The predicted molar refractivity (Wildman–Crippen MR) is 88.8 cm³/mol. The van der Waals surface area contributed by atoms with E-state index in [1.54, 1.807) is 12.1 Å². The summed E-state index contributed by atoms with van der Waals surface area (Å²) in [5.41, 5.74) is 3.95. The summed E-state index contributed by atoms with van der Waals surface area (Å²) in [6.07, 6.45) is 3.15. The van der Waals surface area contributed by atoms with E-state index in [1.165, 1.54) is 16.7 Å². The van der Waals surface area contributed by atoms with Crippen molar-refractivity contribution in [2.75, 3.05) is 6.54 Å². The van der Waals surface area contributed by atoms with Crippen molar-refractivity contribution < 1.29 is 5.11 Å². The van der Waals surface area contributed by atoms with Crippen molar-refractivity contribution in [3.05, 3.63) is 65.2 Å². The van der Waals surface area contributed by atoms with Crippen molar-refractivity contribution >= 4 is 0 Å². The highest BCUT2D eigenvalue weighted by Crippen LogP contribution is 2.14. The van der Waals surface area contributed by atoms with E-state index in [9.17, 15) is 5.11 Å². The first-order valence-electron chi connectivity index (χ1n) is 7.74. The SMILES string of the molecule is CCCNC(Cc1ccc(O)cc1)Cc1cccc(C)c1. The molecule has 0 aliphatic carbocycles. The Morgan fingerprint density at radius 3 is 2.38 bits per heavy atom. The maximum absolute atomic E-state index is 9.38. The number of hydrogen-bond acceptors (Lipinski definition) is 2. The molecular weight excluding hydrogens is 258 g/mol. The van der Waals surface area contributed by atoms with Crippen molar-refractivity contribution in [3.8, 4) is 5.75 Å². The molecule has 2 aromatic rings. The molecule has 0 radical (unpaired) electrons. The molecule has 2 N–H and O–H groups in total. The van der Waals surface area contributed by atoms with Gasteiger partial charge in [-0.05, 0) is 56.0 Å². The second-order valence-corrected chi connectivity index (χ2v) is 5.71. The summed E-state index contributed by atoms with van der Waals surface area (Å²) >= 11 is 0. The topological polar surface area (TPSA) is 32.3 Å². The smallest absolute Gasteiger partial charge is 0.115 e. The van der Waals surface area contributed by atoms with Crippen LogP contribution in [0.3, 0.4) is 0 Å². The van der Waals surface area contributed by atoms with Gasteiger partial charge in [-0.25, -0.2) is 0 Å². The molecule has 0 saturated carbocycles. The van der Waals surface area contributed by atoms with Gasteiger partial charge in [0, 0.05) is 6.04 Å². The second kappa shape index (κ2) is 7.84. The van der Waals surface area contributed by atoms with E-state index in [2.05, 4.69) is 43.4 Å². The van der Waals surface area contributed by atoms with Crippen molar-refractivity contribution in [2.24, 2.45) is 0 Å². The van der Waals surface area contributed by atoms with E-state index in [0.29, 0.717) is 11.8 Å². The molecule has 0 fully saturated rings. The zero-order chi connectivity index (χ0) is 15.1. The molecule has 0 heterocycles. The molecule has 0 bridgehead atoms. The molecule has 0 aromatic heterocycles. The fraction of sp³-hybridized carbons (Fsp3) is 0.368. The first-order valence-corrected chi connectivity index (χ1v) is 7.74. The van der Waals surface area contributed by atoms with E-state index in [4.69, 9.17) is 0 Å². The van der Waals surface area contributed by atoms with Crippen molar-refractivity contribution in [1.29, 1.82) is 0 Å². The Hall–Kier alpha value is -1.80. The van der Waals surface area contributed by atoms with Gasteiger partial charge in [0.15, 0.2) is 0 Å². The van der Waals surface area contributed by atoms with Crippen LogP contribution in [0.25, 0.3) is 0 Å². The third-order valence-corrected chi connectivity index (χ3v) is 3.67. The van der Waals surface area contributed by atoms with Gasteiger partial charge in [0.2, 0.25) is 0 Å². The van der Waals surface area contributed by atoms with E-state index >= 15 is 0 Å². The number of phenols is 1. The Bertz CT molecular complexity index is 548. The monoisotopic (exact) mass is 283 g/mol. The molecule has 0 saturated heterocycles. The molecule has 0 amide bonds. The minimum Gasteiger partial charge on any atom is -0.508 e. The van der Waals surface area contributed by atoms with Gasteiger partial charge in [0.05, 0.1) is 0 Å². The van der Waals surface area contributed by atoms with E-state index < -0.39 is 0 Å². The van der Waals surface area contributed by atoms with Gasteiger partial charge in [-0.1, -0.05) is 48.9 Å². The molecule has 112 valence electrons. The standard InChI is InChI=1S/C19H25NO/c1-3-11-20-18(13-16-7-9-19(21)10-8-16)14-17-6-4-5-15(2)12-17/h4-10,12,18,20-21H,3,11,13-14H2,1-2H3. The molecular formula is C19H25NO. The number of nitrogens with one attached hydrogen (secondary N) is 1. The molecule has 2 aromatic carbocycles. The number of benzene rings is 2. The summed E-state index contributed by atoms with van der Waals surface area (Å²) in [7, 11) is 0. The van der Waals surface area contributed by atoms with Gasteiger partial charge >= 0.3 is 0 Å². The quantitative estimate of drug-likeness (QED) is 0.809. The Morgan fingerprint density at radius 2 is 1.71 bits per heavy atom. The predicted octanol–water partition coefficient (Wildman–Crippen LogP) is 3.85. The summed E-state index contributed by atoms with van der Waals surface area (Å²) < 4.78 is 0. The van der Waals surface area contributed by atoms with Gasteiger partial charge in [-0.2, -0.15) is 0 Å². The number of rotatable bonds is 7. The highest BCUT2D eigenvalue weighted by Gasteiger charge is 2.10. The molecule has 1 unspecified atom stereocenters. The highest BCUT2D eigenvalue weighted by molar-refractivity contribution is 5.27. The number of aromatic hydroxyl groups is 1. The highest BCUT2D eigenvalue weighted by atomic mass is 16.3. The maximum Gasteiger partial charge on any atom is 0.115 e. The van der Waals surface area contributed by atoms with Crippen LogP contribution in [-0.4, -0.2) is 17.7 Å². The lowest BCUT2D eigenvalue weighted by molar-refractivity contribution is 0.474. The first-order chi connectivity index (χ1) is 10.2. The Morgan fingerprint density at radius 1 is 1.00 bits per heavy atom. The third kappa shape index (κ3) is 5.24. The van der Waals surface area contributed by atoms with Crippen LogP contribution in [0.2, 0.25) is 0 Å². The van der Waals surface area contributed by atoms with Crippen LogP contribution < -0.4 is 5.32 Å². The van der Waals surface area contributed by atoms with Gasteiger partial charge < -0.3 is 10.4 Å². The Labute approximate surface area is 127 Å². The van der Waals surface area contributed by atoms with Gasteiger partial charge in [0.1, 0.15) is 5.75 Å². The third-order valence-electron chi connectivity index (χ3n) is 3.67. The number of hydrogen-bond donors (Lipinski definition) is 2. The number of phenolic OH excluding ortho intramolecular Hbond substituents is 1. The van der Waals surface area contributed by atoms with Crippen molar-refractivity contribution in [3.63, 3.8) is 0 Å². The average molecular weight is 283 g/mol. The van der Waals surface area contributed by atoms with Crippen molar-refractivity contribution in [1.82, 2.24) is 5.32 Å². The van der Waals surface area contributed by atoms with Crippen LogP contribution in [0.5, 0.6) is 5.75 Å². The van der Waals surface area contributed by atoms with Crippen LogP contribution in [0, 0.1) is 6.92 Å². The lowest BCUT2D eigenvalue weighted by Crippen LogP contribution is -2.33. The van der Waals surface area contributed by atoms with E-state index in [1.807, 2.05) is 12.1 Å². The second-order valence-electron chi connectivity index (χ2n) is 5.71. The summed E-state index contributed by atoms with van der Waals surface area (Å²) in [5, 5.41) is 13.0. The molecule has 2 heteroatoms. The molecule has 2 nitrogen and oxygen atoms in total. The molecule has 0 aliphatic rings. The number of aryl methyl sites for hydroxylation is 1. The molecule has 21 heavy (non-hydrogen) atoms. The van der Waals surface area contributed by atoms with Gasteiger partial charge in [-0.15, -0.1) is 0 Å². The lowest BCUT2D eigenvalue weighted by Gasteiger charge is -2.19. The summed E-state index contributed by atoms with van der Waals surface area (Å²) in [6.45, 7) is 5.36. The van der Waals surface area contributed by atoms with Gasteiger partial charge in [0.25, 0.3) is 0 Å². The Balaban J connectivity index is 2.04. The van der Waals surface area contributed by atoms with Crippen molar-refractivity contribution in [2.45, 2.75) is 39.2 Å². The minimum atomic E-state index is 0.329. The summed E-state index contributed by atoms with van der Waals surface area (Å²) in [6, 6.07) is 16.7. The molecule has 2 rings (SSSR count). The van der Waals surface area contributed by atoms with Gasteiger partial charge in [-0.3, -0.25) is 0 Å². The zero-order valence-electron chi connectivity index (χ0n) is 13.0. The summed E-state index contributed by atoms with van der Waals surface area (Å²) in [5.74, 6) is 0.329. The lowest BCUT2D eigenvalue weighted by atomic mass is 9.98. The fourth-order valence-electron chi connectivity index (χ4n) is 2.61. The van der Waals surface area contributed by atoms with Crippen LogP contribution >= 0.6 is 0 Å².